The SMILES string of the molecule is C=CCSc1nc2nc(SC)n(C)c2c(=O)[nH]1. The summed E-state index contributed by atoms with van der Waals surface area (Å²) in [7, 11) is 1.81. The number of aryl methyl sites for hydroxylation is 1. The largest absolute Gasteiger partial charge is 0.316 e. The van der Waals surface area contributed by atoms with Crippen LogP contribution in [0.1, 0.15) is 0 Å². The van der Waals surface area contributed by atoms with E-state index in [9.17, 15) is 4.79 Å². The number of rotatable bonds is 4. The van der Waals surface area contributed by atoms with Gasteiger partial charge in [-0.05, 0) is 6.26 Å². The van der Waals surface area contributed by atoms with E-state index in [1.165, 1.54) is 23.5 Å². The highest BCUT2D eigenvalue weighted by Crippen LogP contribution is 2.19. The zero-order valence-corrected chi connectivity index (χ0v) is 11.2. The van der Waals surface area contributed by atoms with Gasteiger partial charge in [0.2, 0.25) is 0 Å². The number of aromatic nitrogens is 4. The van der Waals surface area contributed by atoms with Gasteiger partial charge in [-0.2, -0.15) is 0 Å². The van der Waals surface area contributed by atoms with Gasteiger partial charge >= 0.3 is 0 Å². The molecule has 0 unspecified atom stereocenters. The van der Waals surface area contributed by atoms with E-state index in [-0.39, 0.29) is 5.56 Å². The minimum Gasteiger partial charge on any atom is -0.316 e. The minimum absolute atomic E-state index is 0.156. The van der Waals surface area contributed by atoms with Crippen LogP contribution in [0.5, 0.6) is 0 Å². The summed E-state index contributed by atoms with van der Waals surface area (Å²) in [6, 6.07) is 0. The van der Waals surface area contributed by atoms with Gasteiger partial charge < -0.3 is 4.57 Å². The molecule has 17 heavy (non-hydrogen) atoms. The summed E-state index contributed by atoms with van der Waals surface area (Å²) in [6.07, 6.45) is 3.68. The van der Waals surface area contributed by atoms with Gasteiger partial charge in [-0.15, -0.1) is 6.58 Å². The van der Waals surface area contributed by atoms with Gasteiger partial charge in [-0.25, -0.2) is 9.97 Å². The molecule has 0 amide bonds. The zero-order chi connectivity index (χ0) is 12.4. The third-order valence-electron chi connectivity index (χ3n) is 2.20. The van der Waals surface area contributed by atoms with Crippen LogP contribution in [0.25, 0.3) is 11.2 Å². The first-order chi connectivity index (χ1) is 8.17. The Hall–Kier alpha value is -1.21. The van der Waals surface area contributed by atoms with Crippen LogP contribution in [0.2, 0.25) is 0 Å². The topological polar surface area (TPSA) is 63.6 Å². The van der Waals surface area contributed by atoms with Crippen molar-refractivity contribution < 1.29 is 0 Å². The highest BCUT2D eigenvalue weighted by Gasteiger charge is 2.12. The molecule has 0 bridgehead atoms. The maximum Gasteiger partial charge on any atom is 0.277 e. The molecule has 0 fully saturated rings. The maximum absolute atomic E-state index is 11.9. The normalized spacial score (nSPS) is 10.9. The Morgan fingerprint density at radius 1 is 1.53 bits per heavy atom. The highest BCUT2D eigenvalue weighted by atomic mass is 32.2. The Morgan fingerprint density at radius 3 is 2.94 bits per heavy atom. The predicted molar refractivity (Wildman–Crippen MR) is 71.8 cm³/mol. The van der Waals surface area contributed by atoms with Gasteiger partial charge in [0.05, 0.1) is 0 Å². The molecule has 2 aromatic heterocycles. The van der Waals surface area contributed by atoms with Gasteiger partial charge in [-0.3, -0.25) is 9.78 Å². The molecule has 5 nitrogen and oxygen atoms in total. The summed E-state index contributed by atoms with van der Waals surface area (Å²) in [5, 5.41) is 1.36. The number of thioether (sulfide) groups is 2. The third kappa shape index (κ3) is 2.25. The van der Waals surface area contributed by atoms with Gasteiger partial charge in [0.1, 0.15) is 0 Å². The van der Waals surface area contributed by atoms with E-state index in [0.717, 1.165) is 5.16 Å². The molecule has 2 heterocycles. The molecule has 2 aromatic rings. The third-order valence-corrected chi connectivity index (χ3v) is 3.80. The van der Waals surface area contributed by atoms with Crippen LogP contribution in [0.3, 0.4) is 0 Å². The fourth-order valence-corrected chi connectivity index (χ4v) is 2.60. The van der Waals surface area contributed by atoms with Crippen molar-refractivity contribution >= 4 is 34.7 Å². The number of imidazole rings is 1. The van der Waals surface area contributed by atoms with Crippen molar-refractivity contribution in [1.29, 1.82) is 0 Å². The van der Waals surface area contributed by atoms with E-state index in [2.05, 4.69) is 21.5 Å². The fraction of sp³-hybridized carbons (Fsp3) is 0.300. The smallest absolute Gasteiger partial charge is 0.277 e. The van der Waals surface area contributed by atoms with Crippen LogP contribution in [-0.4, -0.2) is 31.5 Å². The lowest BCUT2D eigenvalue weighted by molar-refractivity contribution is 0.812. The number of hydrogen-bond donors (Lipinski definition) is 1. The van der Waals surface area contributed by atoms with Gasteiger partial charge in [0.15, 0.2) is 21.5 Å². The minimum atomic E-state index is -0.156. The zero-order valence-electron chi connectivity index (χ0n) is 9.56. The fourth-order valence-electron chi connectivity index (χ4n) is 1.47. The molecule has 2 rings (SSSR count). The summed E-state index contributed by atoms with van der Waals surface area (Å²) >= 11 is 2.92. The van der Waals surface area contributed by atoms with Crippen LogP contribution >= 0.6 is 23.5 Å². The quantitative estimate of drug-likeness (QED) is 0.519. The van der Waals surface area contributed by atoms with Gasteiger partial charge in [-0.1, -0.05) is 29.6 Å². The van der Waals surface area contributed by atoms with Crippen LogP contribution in [0.15, 0.2) is 27.8 Å². The van der Waals surface area contributed by atoms with Crippen molar-refractivity contribution in [3.63, 3.8) is 0 Å². The van der Waals surface area contributed by atoms with Crippen molar-refractivity contribution in [3.8, 4) is 0 Å². The average molecular weight is 268 g/mol. The number of hydrogen-bond acceptors (Lipinski definition) is 5. The lowest BCUT2D eigenvalue weighted by Gasteiger charge is -1.98. The van der Waals surface area contributed by atoms with Crippen molar-refractivity contribution in [1.82, 2.24) is 19.5 Å². The number of nitrogens with zero attached hydrogens (tertiary/aromatic N) is 3. The first-order valence-electron chi connectivity index (χ1n) is 4.91. The molecule has 0 spiro atoms. The van der Waals surface area contributed by atoms with E-state index >= 15 is 0 Å². The van der Waals surface area contributed by atoms with E-state index in [1.807, 2.05) is 13.3 Å². The Bertz CT molecular complexity index is 617. The maximum atomic E-state index is 11.9. The molecule has 0 atom stereocenters. The molecule has 0 radical (unpaired) electrons. The number of aromatic amines is 1. The highest BCUT2D eigenvalue weighted by molar-refractivity contribution is 7.99. The number of H-pyrrole nitrogens is 1. The lowest BCUT2D eigenvalue weighted by atomic mass is 10.5. The molecule has 0 aliphatic heterocycles. The molecule has 1 N–H and O–H groups in total. The van der Waals surface area contributed by atoms with E-state index < -0.39 is 0 Å². The summed E-state index contributed by atoms with van der Waals surface area (Å²) in [6.45, 7) is 3.63. The van der Waals surface area contributed by atoms with Crippen molar-refractivity contribution in [2.45, 2.75) is 10.3 Å². The average Bonchev–Trinajstić information content (AvgIpc) is 2.63. The summed E-state index contributed by atoms with van der Waals surface area (Å²) in [5.41, 5.74) is 0.848. The summed E-state index contributed by atoms with van der Waals surface area (Å²) in [5.74, 6) is 0.705. The first kappa shape index (κ1) is 12.3. The van der Waals surface area contributed by atoms with E-state index in [4.69, 9.17) is 0 Å². The summed E-state index contributed by atoms with van der Waals surface area (Å²) < 4.78 is 1.76. The Morgan fingerprint density at radius 2 is 2.29 bits per heavy atom. The second-order valence-corrected chi connectivity index (χ2v) is 5.08. The van der Waals surface area contributed by atoms with Crippen molar-refractivity contribution in [3.05, 3.63) is 23.0 Å². The molecule has 0 aromatic carbocycles. The van der Waals surface area contributed by atoms with Crippen LogP contribution in [0.4, 0.5) is 0 Å². The Kier molecular flexibility index (Phi) is 3.58. The number of fused-ring (bicyclic) bond motifs is 1. The molecular formula is C10H12N4OS2. The second kappa shape index (κ2) is 4.97. The van der Waals surface area contributed by atoms with Gasteiger partial charge in [0.25, 0.3) is 5.56 Å². The Balaban J connectivity index is 2.58. The lowest BCUT2D eigenvalue weighted by Crippen LogP contribution is -2.12. The predicted octanol–water partition coefficient (Wildman–Crippen LogP) is 1.66. The standard InChI is InChI=1S/C10H12N4OS2/c1-4-5-17-9-11-7-6(8(15)13-9)14(2)10(12-7)16-3/h4H,1,5H2,2-3H3,(H,11,13,15). The van der Waals surface area contributed by atoms with E-state index in [1.54, 1.807) is 10.6 Å². The Labute approximate surface area is 107 Å². The molecule has 90 valence electrons. The monoisotopic (exact) mass is 268 g/mol. The van der Waals surface area contributed by atoms with Gasteiger partial charge in [0, 0.05) is 12.8 Å². The van der Waals surface area contributed by atoms with Crippen LogP contribution < -0.4 is 5.56 Å². The molecule has 0 aliphatic carbocycles. The van der Waals surface area contributed by atoms with Crippen molar-refractivity contribution in [2.24, 2.45) is 7.05 Å². The molecular weight excluding hydrogens is 256 g/mol. The second-order valence-electron chi connectivity index (χ2n) is 3.30. The van der Waals surface area contributed by atoms with Crippen LogP contribution in [-0.2, 0) is 7.05 Å². The summed E-state index contributed by atoms with van der Waals surface area (Å²) in [4.78, 5) is 23.3. The van der Waals surface area contributed by atoms with Crippen LogP contribution in [0, 0.1) is 0 Å². The first-order valence-corrected chi connectivity index (χ1v) is 7.12. The molecule has 0 saturated heterocycles. The van der Waals surface area contributed by atoms with E-state index in [0.29, 0.717) is 22.1 Å². The van der Waals surface area contributed by atoms with Crippen molar-refractivity contribution in [2.75, 3.05) is 12.0 Å². The molecule has 0 saturated carbocycles. The number of nitrogens with one attached hydrogen (secondary N) is 1. The molecule has 0 aliphatic rings. The molecule has 7 heteroatoms.